The first-order valence-corrected chi connectivity index (χ1v) is 7.90. The summed E-state index contributed by atoms with van der Waals surface area (Å²) in [6.07, 6.45) is -10.7. The molecule has 0 spiro atoms. The number of anilines is 1. The molecule has 0 fully saturated rings. The third-order valence-corrected chi connectivity index (χ3v) is 4.18. The first-order chi connectivity index (χ1) is 11.9. The minimum absolute atomic E-state index is 0.333. The Morgan fingerprint density at radius 1 is 1.08 bits per heavy atom. The molecule has 1 aromatic carbocycles. The van der Waals surface area contributed by atoms with Gasteiger partial charge < -0.3 is 10.6 Å². The highest BCUT2D eigenvalue weighted by Gasteiger charge is 2.73. The van der Waals surface area contributed by atoms with Crippen LogP contribution in [0.15, 0.2) is 30.5 Å². The number of amides is 1. The predicted molar refractivity (Wildman–Crippen MR) is 84.0 cm³/mol. The van der Waals surface area contributed by atoms with Gasteiger partial charge in [-0.05, 0) is 26.0 Å². The lowest BCUT2D eigenvalue weighted by Crippen LogP contribution is -2.72. The van der Waals surface area contributed by atoms with Crippen molar-refractivity contribution in [2.75, 3.05) is 5.32 Å². The maximum atomic E-state index is 13.5. The van der Waals surface area contributed by atoms with E-state index < -0.39 is 29.1 Å². The largest absolute Gasteiger partial charge is 0.439 e. The normalized spacial score (nSPS) is 12.8. The van der Waals surface area contributed by atoms with Crippen molar-refractivity contribution in [2.24, 2.45) is 0 Å². The Morgan fingerprint density at radius 2 is 1.69 bits per heavy atom. The molecule has 2 N–H and O–H groups in total. The third-order valence-electron chi connectivity index (χ3n) is 3.35. The van der Waals surface area contributed by atoms with E-state index in [1.165, 1.54) is 24.4 Å². The maximum absolute atomic E-state index is 13.5. The van der Waals surface area contributed by atoms with E-state index >= 15 is 0 Å². The van der Waals surface area contributed by atoms with Crippen LogP contribution in [0.5, 0.6) is 0 Å². The Morgan fingerprint density at radius 3 is 2.15 bits per heavy atom. The number of halogens is 6. The molecule has 0 saturated carbocycles. The number of aryl methyl sites for hydroxylation is 2. The Labute approximate surface area is 148 Å². The van der Waals surface area contributed by atoms with Crippen LogP contribution in [0.3, 0.4) is 0 Å². The van der Waals surface area contributed by atoms with Crippen LogP contribution in [-0.2, 0) is 0 Å². The van der Waals surface area contributed by atoms with Crippen molar-refractivity contribution in [3.8, 4) is 0 Å². The lowest BCUT2D eigenvalue weighted by Gasteiger charge is -2.38. The molecule has 1 heterocycles. The minimum Gasteiger partial charge on any atom is -0.324 e. The van der Waals surface area contributed by atoms with Crippen LogP contribution >= 0.6 is 11.3 Å². The lowest BCUT2D eigenvalue weighted by molar-refractivity contribution is -0.294. The fraction of sp³-hybridized carbons (Fsp3) is 0.333. The number of benzene rings is 1. The van der Waals surface area contributed by atoms with E-state index in [9.17, 15) is 31.1 Å². The molecule has 0 unspecified atom stereocenters. The summed E-state index contributed by atoms with van der Waals surface area (Å²) in [6.45, 7) is 3.02. The van der Waals surface area contributed by atoms with E-state index in [0.29, 0.717) is 21.8 Å². The van der Waals surface area contributed by atoms with Crippen LogP contribution in [0.4, 0.5) is 31.5 Å². The summed E-state index contributed by atoms with van der Waals surface area (Å²) in [5, 5.41) is 1.79. The van der Waals surface area contributed by atoms with Crippen LogP contribution in [0.1, 0.15) is 20.8 Å². The zero-order valence-electron chi connectivity index (χ0n) is 13.4. The summed E-state index contributed by atoms with van der Waals surface area (Å²) in [5.41, 5.74) is -4.52. The summed E-state index contributed by atoms with van der Waals surface area (Å²) >= 11 is 0.599. The van der Waals surface area contributed by atoms with Crippen molar-refractivity contribution in [2.45, 2.75) is 31.9 Å². The number of hydrogen-bond donors (Lipinski definition) is 2. The van der Waals surface area contributed by atoms with Gasteiger partial charge in [0.2, 0.25) is 0 Å². The Kier molecular flexibility index (Phi) is 5.22. The van der Waals surface area contributed by atoms with Gasteiger partial charge in [-0.25, -0.2) is 4.98 Å². The van der Waals surface area contributed by atoms with Crippen molar-refractivity contribution in [3.63, 3.8) is 0 Å². The van der Waals surface area contributed by atoms with Crippen LogP contribution in [0, 0.1) is 13.8 Å². The molecule has 142 valence electrons. The number of alkyl halides is 6. The van der Waals surface area contributed by atoms with Crippen LogP contribution in [0.2, 0.25) is 0 Å². The van der Waals surface area contributed by atoms with Crippen molar-refractivity contribution in [1.82, 2.24) is 10.3 Å². The molecule has 2 rings (SSSR count). The first-order valence-electron chi connectivity index (χ1n) is 7.09. The number of nitrogens with zero attached hydrogens (tertiary/aromatic N) is 1. The molecule has 11 heteroatoms. The number of carbonyl (C=O) groups is 1. The molecule has 0 aliphatic rings. The van der Waals surface area contributed by atoms with Gasteiger partial charge in [-0.2, -0.15) is 26.3 Å². The molecule has 0 radical (unpaired) electrons. The topological polar surface area (TPSA) is 54.0 Å². The molecule has 4 nitrogen and oxygen atoms in total. The van der Waals surface area contributed by atoms with Crippen molar-refractivity contribution in [1.29, 1.82) is 0 Å². The second kappa shape index (κ2) is 6.78. The number of aromatic nitrogens is 1. The second-order valence-corrected chi connectivity index (χ2v) is 6.70. The fourth-order valence-corrected chi connectivity index (χ4v) is 2.80. The van der Waals surface area contributed by atoms with Gasteiger partial charge in [0.25, 0.3) is 5.91 Å². The molecule has 0 aliphatic carbocycles. The van der Waals surface area contributed by atoms with Crippen molar-refractivity contribution >= 4 is 22.4 Å². The van der Waals surface area contributed by atoms with Crippen molar-refractivity contribution in [3.05, 3.63) is 46.5 Å². The maximum Gasteiger partial charge on any atom is 0.439 e. The number of hydrogen-bond acceptors (Lipinski definition) is 4. The highest BCUT2D eigenvalue weighted by atomic mass is 32.1. The SMILES string of the molecule is Cc1cccc(C(=O)NC(Nc2ncc(C)s2)(C(F)(F)F)C(F)(F)F)c1. The Hall–Kier alpha value is -2.30. The quantitative estimate of drug-likeness (QED) is 0.593. The van der Waals surface area contributed by atoms with Crippen LogP contribution < -0.4 is 10.6 Å². The molecule has 1 amide bonds. The average molecular weight is 397 g/mol. The standard InChI is InChI=1S/C15H13F6N3OS/c1-8-4-3-5-10(6-8)11(25)23-13(14(16,17)18,15(19,20)21)24-12-22-7-9(2)26-12/h3-7H,1-2H3,(H,22,24)(H,23,25). The van der Waals surface area contributed by atoms with Crippen LogP contribution in [0.25, 0.3) is 0 Å². The highest BCUT2D eigenvalue weighted by Crippen LogP contribution is 2.44. The van der Waals surface area contributed by atoms with Crippen molar-refractivity contribution < 1.29 is 31.1 Å². The summed E-state index contributed by atoms with van der Waals surface area (Å²) in [5.74, 6) is -1.52. The monoisotopic (exact) mass is 397 g/mol. The zero-order valence-corrected chi connectivity index (χ0v) is 14.2. The number of nitrogens with one attached hydrogen (secondary N) is 2. The van der Waals surface area contributed by atoms with E-state index in [4.69, 9.17) is 0 Å². The molecular weight excluding hydrogens is 384 g/mol. The van der Waals surface area contributed by atoms with Gasteiger partial charge in [0.05, 0.1) is 0 Å². The van der Waals surface area contributed by atoms with Gasteiger partial charge >= 0.3 is 18.0 Å². The number of rotatable bonds is 4. The van der Waals surface area contributed by atoms with E-state index in [-0.39, 0.29) is 5.56 Å². The van der Waals surface area contributed by atoms with E-state index in [2.05, 4.69) is 4.98 Å². The highest BCUT2D eigenvalue weighted by molar-refractivity contribution is 7.15. The summed E-state index contributed by atoms with van der Waals surface area (Å²) < 4.78 is 81.0. The summed E-state index contributed by atoms with van der Waals surface area (Å²) in [6, 6.07) is 5.20. The van der Waals surface area contributed by atoms with Gasteiger partial charge in [0.15, 0.2) is 5.13 Å². The zero-order chi connectivity index (χ0) is 19.8. The van der Waals surface area contributed by atoms with Gasteiger partial charge in [-0.3, -0.25) is 4.79 Å². The van der Waals surface area contributed by atoms with E-state index in [1.54, 1.807) is 13.0 Å². The lowest BCUT2D eigenvalue weighted by atomic mass is 10.1. The first kappa shape index (κ1) is 20.0. The second-order valence-electron chi connectivity index (χ2n) is 5.47. The molecule has 2 aromatic rings. The van der Waals surface area contributed by atoms with Gasteiger partial charge in [0.1, 0.15) is 0 Å². The Balaban J connectivity index is 2.50. The van der Waals surface area contributed by atoms with Gasteiger partial charge in [-0.1, -0.05) is 17.7 Å². The van der Waals surface area contributed by atoms with E-state index in [1.807, 2.05) is 0 Å². The molecule has 0 saturated heterocycles. The van der Waals surface area contributed by atoms with Gasteiger partial charge in [0, 0.05) is 16.6 Å². The number of thiazole rings is 1. The minimum atomic E-state index is -5.88. The Bertz CT molecular complexity index is 785. The van der Waals surface area contributed by atoms with Crippen LogP contribution in [-0.4, -0.2) is 28.9 Å². The summed E-state index contributed by atoms with van der Waals surface area (Å²) in [7, 11) is 0. The molecule has 0 aliphatic heterocycles. The van der Waals surface area contributed by atoms with E-state index in [0.717, 1.165) is 17.6 Å². The van der Waals surface area contributed by atoms with Gasteiger partial charge in [-0.15, -0.1) is 11.3 Å². The smallest absolute Gasteiger partial charge is 0.324 e. The molecular formula is C15H13F6N3OS. The molecule has 1 aromatic heterocycles. The number of carbonyl (C=O) groups excluding carboxylic acids is 1. The average Bonchev–Trinajstić information content (AvgIpc) is 2.89. The summed E-state index contributed by atoms with van der Waals surface area (Å²) in [4.78, 5) is 16.0. The molecule has 0 atom stereocenters. The fourth-order valence-electron chi connectivity index (χ4n) is 2.08. The molecule has 0 bridgehead atoms. The molecule has 26 heavy (non-hydrogen) atoms. The predicted octanol–water partition coefficient (Wildman–Crippen LogP) is 4.42. The third kappa shape index (κ3) is 3.92.